The first-order chi connectivity index (χ1) is 29.2. The Morgan fingerprint density at radius 1 is 0.508 bits per heavy atom. The van der Waals surface area contributed by atoms with Gasteiger partial charge in [0.25, 0.3) is 0 Å². The lowest BCUT2D eigenvalue weighted by atomic mass is 9.95. The Kier molecular flexibility index (Phi) is 8.95. The molecule has 10 aromatic rings. The van der Waals surface area contributed by atoms with Crippen molar-refractivity contribution in [2.24, 2.45) is 0 Å². The van der Waals surface area contributed by atoms with Crippen molar-refractivity contribution in [3.63, 3.8) is 0 Å². The van der Waals surface area contributed by atoms with Gasteiger partial charge in [0.2, 0.25) is 0 Å². The highest BCUT2D eigenvalue weighted by Crippen LogP contribution is 2.45. The summed E-state index contributed by atoms with van der Waals surface area (Å²) < 4.78 is 5.11. The number of hydrogen-bond acceptors (Lipinski definition) is 3. The Balaban J connectivity index is 1.03. The number of thiophene rings is 1. The van der Waals surface area contributed by atoms with Crippen LogP contribution in [0.2, 0.25) is 0 Å². The highest BCUT2D eigenvalue weighted by Gasteiger charge is 2.27. The van der Waals surface area contributed by atoms with Crippen LogP contribution in [-0.4, -0.2) is 4.57 Å². The molecule has 1 aliphatic rings. The number of rotatable bonds is 7. The second-order valence-electron chi connectivity index (χ2n) is 15.6. The molecule has 11 rings (SSSR count). The van der Waals surface area contributed by atoms with E-state index in [0.29, 0.717) is 0 Å². The fraction of sp³-hybridized carbons (Fsp3) is 0.0909. The molecule has 284 valence electrons. The summed E-state index contributed by atoms with van der Waals surface area (Å²) in [4.78, 5) is 0. The van der Waals surface area contributed by atoms with Gasteiger partial charge in [0.15, 0.2) is 0 Å². The number of para-hydroxylation sites is 1. The molecular weight excluding hydrogens is 735 g/mol. The van der Waals surface area contributed by atoms with Gasteiger partial charge in [0.05, 0.1) is 11.0 Å². The first-order valence-electron chi connectivity index (χ1n) is 20.7. The average molecular weight is 778 g/mol. The number of hydrogen-bond donors (Lipinski definition) is 2. The van der Waals surface area contributed by atoms with E-state index in [1.54, 1.807) is 0 Å². The molecule has 0 amide bonds. The van der Waals surface area contributed by atoms with Crippen LogP contribution in [0, 0.1) is 0 Å². The molecule has 8 aromatic carbocycles. The van der Waals surface area contributed by atoms with Crippen LogP contribution in [0.5, 0.6) is 0 Å². The van der Waals surface area contributed by atoms with E-state index in [1.807, 2.05) is 11.3 Å². The molecule has 0 saturated heterocycles. The predicted molar refractivity (Wildman–Crippen MR) is 251 cm³/mol. The molecular formula is C55H43N3S. The Morgan fingerprint density at radius 2 is 1.10 bits per heavy atom. The molecule has 0 aliphatic carbocycles. The number of aromatic nitrogens is 1. The molecule has 3 nitrogen and oxygen atoms in total. The van der Waals surface area contributed by atoms with Crippen LogP contribution in [0.25, 0.3) is 75.6 Å². The van der Waals surface area contributed by atoms with E-state index in [2.05, 4.69) is 216 Å². The van der Waals surface area contributed by atoms with Crippen LogP contribution in [0.4, 0.5) is 0 Å². The fourth-order valence-corrected chi connectivity index (χ4v) is 10.7. The third-order valence-electron chi connectivity index (χ3n) is 12.2. The molecule has 2 unspecified atom stereocenters. The minimum absolute atomic E-state index is 0.108. The zero-order chi connectivity index (χ0) is 39.3. The summed E-state index contributed by atoms with van der Waals surface area (Å²) in [5, 5.41) is 13.2. The van der Waals surface area contributed by atoms with Crippen LogP contribution in [-0.2, 0) is 0 Å². The lowest BCUT2D eigenvalue weighted by Crippen LogP contribution is -2.34. The van der Waals surface area contributed by atoms with Crippen molar-refractivity contribution >= 4 is 59.0 Å². The Labute approximate surface area is 348 Å². The number of fused-ring (bicyclic) bond motifs is 6. The van der Waals surface area contributed by atoms with Gasteiger partial charge in [0.1, 0.15) is 6.17 Å². The summed E-state index contributed by atoms with van der Waals surface area (Å²) in [7, 11) is 0. The Morgan fingerprint density at radius 3 is 1.83 bits per heavy atom. The average Bonchev–Trinajstić information content (AvgIpc) is 3.78. The highest BCUT2D eigenvalue weighted by molar-refractivity contribution is 7.26. The number of nitrogens with zero attached hydrogens (tertiary/aromatic N) is 1. The smallest absolute Gasteiger partial charge is 0.104 e. The zero-order valence-electron chi connectivity index (χ0n) is 32.9. The van der Waals surface area contributed by atoms with E-state index in [0.717, 1.165) is 18.5 Å². The molecule has 59 heavy (non-hydrogen) atoms. The van der Waals surface area contributed by atoms with Crippen LogP contribution >= 0.6 is 11.3 Å². The predicted octanol–water partition coefficient (Wildman–Crippen LogP) is 14.6. The second kappa shape index (κ2) is 14.9. The van der Waals surface area contributed by atoms with Gasteiger partial charge in [-0.3, -0.25) is 5.32 Å². The summed E-state index contributed by atoms with van der Waals surface area (Å²) in [5.41, 5.74) is 15.0. The van der Waals surface area contributed by atoms with E-state index in [1.165, 1.54) is 92.2 Å². The topological polar surface area (TPSA) is 29.0 Å². The molecule has 0 saturated carbocycles. The van der Waals surface area contributed by atoms with Gasteiger partial charge in [-0.05, 0) is 87.7 Å². The zero-order valence-corrected chi connectivity index (χ0v) is 33.7. The fourth-order valence-electron chi connectivity index (χ4n) is 9.34. The Hall–Kier alpha value is -6.72. The van der Waals surface area contributed by atoms with Crippen molar-refractivity contribution in [2.75, 3.05) is 0 Å². The van der Waals surface area contributed by atoms with Crippen molar-refractivity contribution < 1.29 is 0 Å². The first kappa shape index (κ1) is 35.4. The van der Waals surface area contributed by atoms with Gasteiger partial charge < -0.3 is 9.88 Å². The lowest BCUT2D eigenvalue weighted by molar-refractivity contribution is 0.430. The molecule has 0 radical (unpaired) electrons. The Bertz CT molecular complexity index is 3180. The van der Waals surface area contributed by atoms with Gasteiger partial charge in [0, 0.05) is 48.4 Å². The maximum atomic E-state index is 4.06. The van der Waals surface area contributed by atoms with Gasteiger partial charge in [-0.1, -0.05) is 171 Å². The minimum Gasteiger partial charge on any atom is -0.366 e. The third kappa shape index (κ3) is 6.24. The van der Waals surface area contributed by atoms with Crippen molar-refractivity contribution in [3.05, 3.63) is 216 Å². The summed E-state index contributed by atoms with van der Waals surface area (Å²) in [6.45, 7) is 2.28. The molecule has 2 aromatic heterocycles. The monoisotopic (exact) mass is 777 g/mol. The molecule has 0 bridgehead atoms. The molecule has 1 aliphatic heterocycles. The highest BCUT2D eigenvalue weighted by atomic mass is 32.1. The second-order valence-corrected chi connectivity index (χ2v) is 16.6. The van der Waals surface area contributed by atoms with Crippen molar-refractivity contribution in [1.29, 1.82) is 0 Å². The van der Waals surface area contributed by atoms with E-state index in [4.69, 9.17) is 0 Å². The van der Waals surface area contributed by atoms with Gasteiger partial charge in [-0.2, -0.15) is 0 Å². The van der Waals surface area contributed by atoms with E-state index in [9.17, 15) is 0 Å². The quantitative estimate of drug-likeness (QED) is 0.169. The van der Waals surface area contributed by atoms with Crippen LogP contribution in [0.15, 0.2) is 200 Å². The third-order valence-corrected chi connectivity index (χ3v) is 13.5. The van der Waals surface area contributed by atoms with E-state index in [-0.39, 0.29) is 12.2 Å². The molecule has 0 fully saturated rings. The van der Waals surface area contributed by atoms with Crippen molar-refractivity contribution in [1.82, 2.24) is 15.2 Å². The van der Waals surface area contributed by atoms with Crippen molar-refractivity contribution in [2.45, 2.75) is 32.0 Å². The van der Waals surface area contributed by atoms with E-state index >= 15 is 0 Å². The molecule has 2 atom stereocenters. The minimum atomic E-state index is -0.108. The largest absolute Gasteiger partial charge is 0.366 e. The SMILES string of the molecule is CCC1=C(c2ccccc2)NC(c2cccc(-n3c4ccccc4c4cc(-c5cccc6c5sc5c(-c7ccccc7)cccc56)ccc43)c2)NC(c2ccccc2)C1. The van der Waals surface area contributed by atoms with Crippen LogP contribution in [0.3, 0.4) is 0 Å². The number of nitrogens with one attached hydrogen (secondary N) is 2. The van der Waals surface area contributed by atoms with Gasteiger partial charge in [-0.25, -0.2) is 0 Å². The lowest BCUT2D eigenvalue weighted by Gasteiger charge is -2.26. The molecule has 0 spiro atoms. The van der Waals surface area contributed by atoms with Gasteiger partial charge >= 0.3 is 0 Å². The molecule has 3 heterocycles. The maximum absolute atomic E-state index is 4.06. The standard InChI is InChI=1S/C55H43N3S/c1-2-36-35-49(38-19-8-4-9-20-38)56-55(57-52(36)39-21-10-5-11-22-39)41-23-14-24-42(33-41)58-50-30-13-12-25-45(50)48-34-40(31-32-51(48)58)44-27-16-29-47-46-28-15-26-43(53(46)59-54(44)47)37-17-6-3-7-18-37/h3-34,49,55-57H,2,35H2,1H3. The van der Waals surface area contributed by atoms with Crippen LogP contribution in [0.1, 0.15) is 48.7 Å². The van der Waals surface area contributed by atoms with Crippen molar-refractivity contribution in [3.8, 4) is 27.9 Å². The first-order valence-corrected chi connectivity index (χ1v) is 21.5. The maximum Gasteiger partial charge on any atom is 0.104 e. The van der Waals surface area contributed by atoms with Crippen LogP contribution < -0.4 is 10.6 Å². The molecule has 4 heteroatoms. The summed E-state index contributed by atoms with van der Waals surface area (Å²) >= 11 is 1.91. The van der Waals surface area contributed by atoms with E-state index < -0.39 is 0 Å². The summed E-state index contributed by atoms with van der Waals surface area (Å²) in [5.74, 6) is 0. The summed E-state index contributed by atoms with van der Waals surface area (Å²) in [6.07, 6.45) is 1.81. The molecule has 2 N–H and O–H groups in total. The number of benzene rings is 8. The normalized spacial score (nSPS) is 15.9. The summed E-state index contributed by atoms with van der Waals surface area (Å²) in [6, 6.07) is 71.2. The van der Waals surface area contributed by atoms with Gasteiger partial charge in [-0.15, -0.1) is 11.3 Å².